The van der Waals surface area contributed by atoms with Crippen molar-refractivity contribution in [1.82, 2.24) is 0 Å². The molecule has 0 aromatic rings. The quantitative estimate of drug-likeness (QED) is 0.0212. The number of phosphoric ester groups is 1. The molecule has 10 heteroatoms. The number of carbonyl (C=O) groups is 2. The Hall–Kier alpha value is -3.59. The largest absolute Gasteiger partial charge is 0.472 e. The van der Waals surface area contributed by atoms with Gasteiger partial charge in [-0.05, 0) is 103 Å². The summed E-state index contributed by atoms with van der Waals surface area (Å²) in [4.78, 5) is 35.5. The van der Waals surface area contributed by atoms with Gasteiger partial charge in [-0.3, -0.25) is 18.6 Å². The zero-order valence-corrected chi connectivity index (χ0v) is 41.6. The number of carbonyl (C=O) groups excluding carboxylic acids is 2. The summed E-state index contributed by atoms with van der Waals surface area (Å²) in [5.74, 6) is -0.870. The number of hydrogen-bond acceptors (Lipinski definition) is 7. The van der Waals surface area contributed by atoms with Gasteiger partial charge in [0.25, 0.3) is 0 Å². The van der Waals surface area contributed by atoms with E-state index in [1.807, 2.05) is 21.1 Å². The number of esters is 2. The second-order valence-electron chi connectivity index (χ2n) is 16.7. The van der Waals surface area contributed by atoms with Crippen LogP contribution in [0.4, 0.5) is 0 Å². The minimum Gasteiger partial charge on any atom is -0.462 e. The summed E-state index contributed by atoms with van der Waals surface area (Å²) in [6.45, 7) is 4.11. The zero-order valence-electron chi connectivity index (χ0n) is 40.7. The van der Waals surface area contributed by atoms with E-state index in [1.54, 1.807) is 0 Å². The minimum absolute atomic E-state index is 0.0140. The number of likely N-dealkylation sites (N-methyl/N-ethyl adjacent to an activating group) is 1. The van der Waals surface area contributed by atoms with Gasteiger partial charge in [-0.25, -0.2) is 4.57 Å². The van der Waals surface area contributed by atoms with Crippen molar-refractivity contribution in [2.75, 3.05) is 47.5 Å². The van der Waals surface area contributed by atoms with Crippen LogP contribution in [0.3, 0.4) is 0 Å². The fourth-order valence-corrected chi connectivity index (χ4v) is 6.51. The number of unbranched alkanes of at least 4 members (excludes halogenated alkanes) is 8. The molecule has 0 aliphatic carbocycles. The van der Waals surface area contributed by atoms with Crippen molar-refractivity contribution in [3.63, 3.8) is 0 Å². The molecule has 0 spiro atoms. The molecule has 0 aromatic carbocycles. The van der Waals surface area contributed by atoms with Crippen LogP contribution in [-0.4, -0.2) is 74.9 Å². The van der Waals surface area contributed by atoms with Crippen molar-refractivity contribution in [3.05, 3.63) is 122 Å². The van der Waals surface area contributed by atoms with Crippen molar-refractivity contribution in [3.8, 4) is 0 Å². The molecule has 0 rings (SSSR count). The lowest BCUT2D eigenvalue weighted by molar-refractivity contribution is -0.870. The molecule has 0 saturated heterocycles. The standard InChI is InChI=1S/C54H88NO8P/c1-6-8-10-12-14-16-18-20-22-23-24-25-26-27-28-29-30-31-33-35-37-39-41-43-45-47-54(57)63-52(51-62-64(58,59)61-49-48-55(3,4)5)50-60-53(56)46-44-42-40-38-36-34-32-21-19-17-15-13-11-9-7-2/h8-11,14-17,20-22,24-25,27-28,30-32,35,37,52H,6-7,12-13,18-19,23,26,29,33-34,36,38-51H2,1-5H3/p+1/b10-8-,11-9-,16-14-,17-15-,22-20-,25-24-,28-27-,31-30-,32-21-,37-35-. The molecule has 0 aromatic heterocycles. The Kier molecular flexibility index (Phi) is 42.1. The number of nitrogens with zero attached hydrogens (tertiary/aromatic N) is 1. The predicted octanol–water partition coefficient (Wildman–Crippen LogP) is 14.5. The summed E-state index contributed by atoms with van der Waals surface area (Å²) in [6, 6.07) is 0. The average molecular weight is 911 g/mol. The van der Waals surface area contributed by atoms with E-state index in [4.69, 9.17) is 18.5 Å². The summed E-state index contributed by atoms with van der Waals surface area (Å²) in [5, 5.41) is 0. The lowest BCUT2D eigenvalue weighted by Crippen LogP contribution is -2.37. The Morgan fingerprint density at radius 2 is 0.844 bits per heavy atom. The molecule has 0 bridgehead atoms. The molecule has 0 amide bonds. The van der Waals surface area contributed by atoms with E-state index in [2.05, 4.69) is 135 Å². The SMILES string of the molecule is CC/C=C\C/C=C\C/C=C\C/C=C\C/C=C\C/C=C\C/C=C\CCCCCC(=O)OC(COC(=O)CCCCCCC/C=C\C/C=C\C/C=C\CC)COP(=O)(O)OCC[N+](C)(C)C. The van der Waals surface area contributed by atoms with Crippen molar-refractivity contribution in [1.29, 1.82) is 0 Å². The smallest absolute Gasteiger partial charge is 0.462 e. The molecule has 0 radical (unpaired) electrons. The highest BCUT2D eigenvalue weighted by molar-refractivity contribution is 7.47. The summed E-state index contributed by atoms with van der Waals surface area (Å²) in [6.07, 6.45) is 62.5. The summed E-state index contributed by atoms with van der Waals surface area (Å²) < 4.78 is 34.3. The van der Waals surface area contributed by atoms with Crippen molar-refractivity contribution in [2.45, 2.75) is 161 Å². The minimum atomic E-state index is -4.40. The molecule has 9 nitrogen and oxygen atoms in total. The third-order valence-corrected chi connectivity index (χ3v) is 10.5. The molecule has 0 heterocycles. The maximum Gasteiger partial charge on any atom is 0.472 e. The number of phosphoric acid groups is 1. The highest BCUT2D eigenvalue weighted by atomic mass is 31.2. The van der Waals surface area contributed by atoms with Crippen LogP contribution in [0, 0.1) is 0 Å². The molecule has 64 heavy (non-hydrogen) atoms. The summed E-state index contributed by atoms with van der Waals surface area (Å²) >= 11 is 0. The third kappa shape index (κ3) is 47.9. The van der Waals surface area contributed by atoms with Crippen molar-refractivity contribution in [2.24, 2.45) is 0 Å². The van der Waals surface area contributed by atoms with Crippen LogP contribution < -0.4 is 0 Å². The Labute approximate surface area is 390 Å². The number of ether oxygens (including phenoxy) is 2. The van der Waals surface area contributed by atoms with Crippen LogP contribution in [0.2, 0.25) is 0 Å². The van der Waals surface area contributed by atoms with Crippen molar-refractivity contribution < 1.29 is 42.1 Å². The fraction of sp³-hybridized carbons (Fsp3) is 0.593. The van der Waals surface area contributed by atoms with Crippen LogP contribution in [0.1, 0.15) is 155 Å². The van der Waals surface area contributed by atoms with Gasteiger partial charge in [-0.2, -0.15) is 0 Å². The summed E-state index contributed by atoms with van der Waals surface area (Å²) in [5.41, 5.74) is 0. The molecule has 0 aliphatic rings. The van der Waals surface area contributed by atoms with Gasteiger partial charge in [0.05, 0.1) is 27.7 Å². The Balaban J connectivity index is 4.41. The van der Waals surface area contributed by atoms with E-state index >= 15 is 0 Å². The molecule has 0 aliphatic heterocycles. The van der Waals surface area contributed by atoms with Crippen LogP contribution in [0.5, 0.6) is 0 Å². The first-order valence-electron chi connectivity index (χ1n) is 24.3. The van der Waals surface area contributed by atoms with Gasteiger partial charge in [-0.1, -0.05) is 161 Å². The lowest BCUT2D eigenvalue weighted by Gasteiger charge is -2.24. The molecule has 362 valence electrons. The average Bonchev–Trinajstić information content (AvgIpc) is 3.25. The van der Waals surface area contributed by atoms with Gasteiger partial charge in [0.1, 0.15) is 19.8 Å². The van der Waals surface area contributed by atoms with E-state index < -0.39 is 32.5 Å². The van der Waals surface area contributed by atoms with Gasteiger partial charge < -0.3 is 18.9 Å². The highest BCUT2D eigenvalue weighted by Crippen LogP contribution is 2.43. The topological polar surface area (TPSA) is 108 Å². The fourth-order valence-electron chi connectivity index (χ4n) is 5.77. The van der Waals surface area contributed by atoms with E-state index in [1.165, 1.54) is 0 Å². The predicted molar refractivity (Wildman–Crippen MR) is 270 cm³/mol. The number of hydrogen-bond donors (Lipinski definition) is 1. The first-order chi connectivity index (χ1) is 31.0. The normalized spacial score (nSPS) is 14.5. The number of quaternary nitrogens is 1. The lowest BCUT2D eigenvalue weighted by atomic mass is 10.1. The van der Waals surface area contributed by atoms with E-state index in [0.29, 0.717) is 23.9 Å². The van der Waals surface area contributed by atoms with Gasteiger partial charge >= 0.3 is 19.8 Å². The zero-order chi connectivity index (χ0) is 47.1. The van der Waals surface area contributed by atoms with Crippen LogP contribution in [0.15, 0.2) is 122 Å². The van der Waals surface area contributed by atoms with Crippen LogP contribution in [-0.2, 0) is 32.7 Å². The Morgan fingerprint density at radius 3 is 1.27 bits per heavy atom. The van der Waals surface area contributed by atoms with E-state index in [0.717, 1.165) is 116 Å². The van der Waals surface area contributed by atoms with Crippen LogP contribution in [0.25, 0.3) is 0 Å². The molecule has 1 N–H and O–H groups in total. The second kappa shape index (κ2) is 44.6. The van der Waals surface area contributed by atoms with Crippen LogP contribution >= 0.6 is 7.82 Å². The molecular weight excluding hydrogens is 822 g/mol. The second-order valence-corrected chi connectivity index (χ2v) is 18.2. The maximum atomic E-state index is 12.7. The first-order valence-corrected chi connectivity index (χ1v) is 25.8. The molecule has 2 atom stereocenters. The first kappa shape index (κ1) is 60.4. The van der Waals surface area contributed by atoms with Gasteiger partial charge in [0.2, 0.25) is 0 Å². The molecule has 0 saturated carbocycles. The Morgan fingerprint density at radius 1 is 0.484 bits per heavy atom. The number of allylic oxidation sites excluding steroid dienone is 20. The van der Waals surface area contributed by atoms with Crippen molar-refractivity contribution >= 4 is 19.8 Å². The maximum absolute atomic E-state index is 12.7. The van der Waals surface area contributed by atoms with Gasteiger partial charge in [0, 0.05) is 12.8 Å². The monoisotopic (exact) mass is 911 g/mol. The third-order valence-electron chi connectivity index (χ3n) is 9.49. The van der Waals surface area contributed by atoms with Gasteiger partial charge in [-0.15, -0.1) is 0 Å². The van der Waals surface area contributed by atoms with E-state index in [9.17, 15) is 19.0 Å². The van der Waals surface area contributed by atoms with E-state index in [-0.39, 0.29) is 26.1 Å². The van der Waals surface area contributed by atoms with Gasteiger partial charge in [0.15, 0.2) is 6.10 Å². The molecule has 2 unspecified atom stereocenters. The number of rotatable bonds is 42. The molecule has 0 fully saturated rings. The highest BCUT2D eigenvalue weighted by Gasteiger charge is 2.27. The Bertz CT molecular complexity index is 1490. The summed E-state index contributed by atoms with van der Waals surface area (Å²) in [7, 11) is 1.42. The molecular formula is C54H89NO8P+.